The van der Waals surface area contributed by atoms with Crippen LogP contribution in [0.1, 0.15) is 16.2 Å². The summed E-state index contributed by atoms with van der Waals surface area (Å²) in [6, 6.07) is 3.58. The van der Waals surface area contributed by atoms with Gasteiger partial charge in [0.25, 0.3) is 5.91 Å². The molecule has 2 heterocycles. The van der Waals surface area contributed by atoms with Crippen molar-refractivity contribution < 1.29 is 9.21 Å². The first-order chi connectivity index (χ1) is 9.11. The molecule has 0 saturated heterocycles. The zero-order valence-corrected chi connectivity index (χ0v) is 12.0. The highest BCUT2D eigenvalue weighted by atomic mass is 35.5. The Morgan fingerprint density at radius 2 is 2.37 bits per heavy atom. The van der Waals surface area contributed by atoms with E-state index in [4.69, 9.17) is 16.0 Å². The van der Waals surface area contributed by atoms with Gasteiger partial charge in [-0.2, -0.15) is 0 Å². The van der Waals surface area contributed by atoms with Crippen molar-refractivity contribution in [2.24, 2.45) is 0 Å². The number of furan rings is 1. The number of carbonyl (C=O) groups is 1. The highest BCUT2D eigenvalue weighted by molar-refractivity contribution is 7.98. The van der Waals surface area contributed by atoms with Gasteiger partial charge in [-0.05, 0) is 18.4 Å². The number of hydrogen-bond donors (Lipinski definition) is 0. The van der Waals surface area contributed by atoms with Crippen LogP contribution in [-0.2, 0) is 6.54 Å². The SMILES string of the molecule is CSc1ncc(Cl)c(C(=O)N(C)Cc2ccco2)n1. The molecule has 0 saturated carbocycles. The molecule has 1 amide bonds. The van der Waals surface area contributed by atoms with Crippen LogP contribution in [0, 0.1) is 0 Å². The molecule has 100 valence electrons. The molecule has 0 fully saturated rings. The average Bonchev–Trinajstić information content (AvgIpc) is 2.91. The van der Waals surface area contributed by atoms with E-state index in [0.717, 1.165) is 0 Å². The lowest BCUT2D eigenvalue weighted by atomic mass is 10.3. The summed E-state index contributed by atoms with van der Waals surface area (Å²) in [5.74, 6) is 0.435. The van der Waals surface area contributed by atoms with Crippen molar-refractivity contribution in [1.29, 1.82) is 0 Å². The quantitative estimate of drug-likeness (QED) is 0.641. The average molecular weight is 298 g/mol. The van der Waals surface area contributed by atoms with Gasteiger partial charge in [0.2, 0.25) is 0 Å². The predicted octanol–water partition coefficient (Wildman–Crippen LogP) is 2.72. The lowest BCUT2D eigenvalue weighted by molar-refractivity contribution is 0.0768. The van der Waals surface area contributed by atoms with Crippen LogP contribution in [0.15, 0.2) is 34.2 Å². The summed E-state index contributed by atoms with van der Waals surface area (Å²) in [5.41, 5.74) is 0.204. The van der Waals surface area contributed by atoms with E-state index in [9.17, 15) is 4.79 Å². The molecule has 0 bridgehead atoms. The van der Waals surface area contributed by atoms with Crippen LogP contribution in [-0.4, -0.2) is 34.1 Å². The van der Waals surface area contributed by atoms with E-state index in [1.807, 2.05) is 6.26 Å². The van der Waals surface area contributed by atoms with Crippen LogP contribution < -0.4 is 0 Å². The minimum absolute atomic E-state index is 0.204. The van der Waals surface area contributed by atoms with Crippen LogP contribution >= 0.6 is 23.4 Å². The Hall–Kier alpha value is -1.53. The van der Waals surface area contributed by atoms with Gasteiger partial charge in [-0.15, -0.1) is 0 Å². The molecule has 0 unspecified atom stereocenters. The summed E-state index contributed by atoms with van der Waals surface area (Å²) in [6.07, 6.45) is 4.84. The summed E-state index contributed by atoms with van der Waals surface area (Å²) in [7, 11) is 1.67. The molecule has 2 rings (SSSR count). The molecule has 0 radical (unpaired) electrons. The number of halogens is 1. The highest BCUT2D eigenvalue weighted by Gasteiger charge is 2.19. The van der Waals surface area contributed by atoms with Crippen molar-refractivity contribution >= 4 is 29.3 Å². The Labute approximate surface area is 120 Å². The van der Waals surface area contributed by atoms with Crippen molar-refractivity contribution in [2.75, 3.05) is 13.3 Å². The van der Waals surface area contributed by atoms with E-state index in [1.165, 1.54) is 22.9 Å². The van der Waals surface area contributed by atoms with Gasteiger partial charge in [0, 0.05) is 7.05 Å². The summed E-state index contributed by atoms with van der Waals surface area (Å²) in [6.45, 7) is 0.362. The molecule has 2 aromatic rings. The molecule has 0 spiro atoms. The maximum absolute atomic E-state index is 12.3. The largest absolute Gasteiger partial charge is 0.467 e. The first-order valence-corrected chi connectivity index (χ1v) is 7.06. The number of aromatic nitrogens is 2. The zero-order chi connectivity index (χ0) is 13.8. The van der Waals surface area contributed by atoms with Crippen LogP contribution in [0.2, 0.25) is 5.02 Å². The van der Waals surface area contributed by atoms with Crippen molar-refractivity contribution in [2.45, 2.75) is 11.7 Å². The third kappa shape index (κ3) is 3.27. The van der Waals surface area contributed by atoms with Crippen LogP contribution in [0.25, 0.3) is 0 Å². The third-order valence-corrected chi connectivity index (χ3v) is 3.27. The second kappa shape index (κ2) is 6.08. The fourth-order valence-corrected chi connectivity index (χ4v) is 2.00. The molecule has 7 heteroatoms. The predicted molar refractivity (Wildman–Crippen MR) is 73.3 cm³/mol. The normalized spacial score (nSPS) is 10.5. The van der Waals surface area contributed by atoms with Gasteiger partial charge in [-0.3, -0.25) is 4.79 Å². The summed E-state index contributed by atoms with van der Waals surface area (Å²) in [5, 5.41) is 0.758. The molecule has 0 aliphatic heterocycles. The molecule has 0 atom stereocenters. The number of amides is 1. The van der Waals surface area contributed by atoms with Crippen LogP contribution in [0.3, 0.4) is 0 Å². The Balaban J connectivity index is 2.18. The fourth-order valence-electron chi connectivity index (χ4n) is 1.49. The van der Waals surface area contributed by atoms with Crippen molar-refractivity contribution in [3.05, 3.63) is 41.1 Å². The van der Waals surface area contributed by atoms with Gasteiger partial charge in [-0.25, -0.2) is 9.97 Å². The van der Waals surface area contributed by atoms with Crippen LogP contribution in [0.4, 0.5) is 0 Å². The second-order valence-electron chi connectivity index (χ2n) is 3.79. The van der Waals surface area contributed by atoms with Gasteiger partial charge >= 0.3 is 0 Å². The fraction of sp³-hybridized carbons (Fsp3) is 0.250. The number of carbonyl (C=O) groups excluding carboxylic acids is 1. The molecule has 0 aromatic carbocycles. The van der Waals surface area contributed by atoms with Gasteiger partial charge in [0.15, 0.2) is 10.9 Å². The summed E-state index contributed by atoms with van der Waals surface area (Å²) >= 11 is 7.32. The van der Waals surface area contributed by atoms with Crippen LogP contribution in [0.5, 0.6) is 0 Å². The van der Waals surface area contributed by atoms with E-state index < -0.39 is 0 Å². The maximum atomic E-state index is 12.3. The van der Waals surface area contributed by atoms with E-state index in [1.54, 1.807) is 25.4 Å². The van der Waals surface area contributed by atoms with E-state index >= 15 is 0 Å². The molecular weight excluding hydrogens is 286 g/mol. The Morgan fingerprint density at radius 1 is 1.58 bits per heavy atom. The van der Waals surface area contributed by atoms with E-state index in [0.29, 0.717) is 17.5 Å². The highest BCUT2D eigenvalue weighted by Crippen LogP contribution is 2.18. The smallest absolute Gasteiger partial charge is 0.274 e. The Morgan fingerprint density at radius 3 is 3.00 bits per heavy atom. The number of thioether (sulfide) groups is 1. The monoisotopic (exact) mass is 297 g/mol. The van der Waals surface area contributed by atoms with Gasteiger partial charge in [0.05, 0.1) is 24.0 Å². The lowest BCUT2D eigenvalue weighted by Crippen LogP contribution is -2.27. The summed E-state index contributed by atoms with van der Waals surface area (Å²) in [4.78, 5) is 21.9. The van der Waals surface area contributed by atoms with Gasteiger partial charge < -0.3 is 9.32 Å². The van der Waals surface area contributed by atoms with E-state index in [-0.39, 0.29) is 16.6 Å². The van der Waals surface area contributed by atoms with E-state index in [2.05, 4.69) is 9.97 Å². The second-order valence-corrected chi connectivity index (χ2v) is 4.97. The summed E-state index contributed by atoms with van der Waals surface area (Å²) < 4.78 is 5.20. The topological polar surface area (TPSA) is 59.2 Å². The zero-order valence-electron chi connectivity index (χ0n) is 10.5. The van der Waals surface area contributed by atoms with Gasteiger partial charge in [0.1, 0.15) is 5.76 Å². The maximum Gasteiger partial charge on any atom is 0.274 e. The van der Waals surface area contributed by atoms with Gasteiger partial charge in [-0.1, -0.05) is 23.4 Å². The number of nitrogens with zero attached hydrogens (tertiary/aromatic N) is 3. The molecular formula is C12H12ClN3O2S. The van der Waals surface area contributed by atoms with Crippen molar-refractivity contribution in [1.82, 2.24) is 14.9 Å². The first-order valence-electron chi connectivity index (χ1n) is 5.46. The minimum atomic E-state index is -0.265. The molecule has 0 aliphatic rings. The lowest BCUT2D eigenvalue weighted by Gasteiger charge is -2.15. The standard InChI is InChI=1S/C12H12ClN3O2S/c1-16(7-8-4-3-5-18-8)11(17)10-9(13)6-14-12(15-10)19-2/h3-6H,7H2,1-2H3. The molecule has 5 nitrogen and oxygen atoms in total. The molecule has 19 heavy (non-hydrogen) atoms. The molecule has 0 aliphatic carbocycles. The molecule has 2 aromatic heterocycles. The Kier molecular flexibility index (Phi) is 4.44. The first kappa shape index (κ1) is 13.9. The number of hydrogen-bond acceptors (Lipinski definition) is 5. The third-order valence-electron chi connectivity index (χ3n) is 2.43. The van der Waals surface area contributed by atoms with Crippen molar-refractivity contribution in [3.8, 4) is 0 Å². The minimum Gasteiger partial charge on any atom is -0.467 e. The molecule has 0 N–H and O–H groups in total. The Bertz CT molecular complexity index is 574. The number of rotatable bonds is 4. The van der Waals surface area contributed by atoms with Crippen molar-refractivity contribution in [3.63, 3.8) is 0 Å².